The van der Waals surface area contributed by atoms with Gasteiger partial charge in [0.05, 0.1) is 12.0 Å². The zero-order valence-electron chi connectivity index (χ0n) is 12.0. The number of nitrogens with zero attached hydrogens (tertiary/aromatic N) is 2. The highest BCUT2D eigenvalue weighted by atomic mass is 15.1. The van der Waals surface area contributed by atoms with Gasteiger partial charge in [-0.15, -0.1) is 0 Å². The van der Waals surface area contributed by atoms with Gasteiger partial charge in [0.1, 0.15) is 0 Å². The summed E-state index contributed by atoms with van der Waals surface area (Å²) >= 11 is 0. The molecule has 0 radical (unpaired) electrons. The molecule has 18 heavy (non-hydrogen) atoms. The van der Waals surface area contributed by atoms with E-state index in [1.807, 2.05) is 12.5 Å². The van der Waals surface area contributed by atoms with E-state index in [9.17, 15) is 0 Å². The molecule has 0 spiro atoms. The van der Waals surface area contributed by atoms with Crippen molar-refractivity contribution in [2.45, 2.75) is 65.0 Å². The first-order valence-corrected chi connectivity index (χ1v) is 7.35. The Balaban J connectivity index is 2.07. The molecule has 0 bridgehead atoms. The summed E-state index contributed by atoms with van der Waals surface area (Å²) in [5.41, 5.74) is 7.54. The molecule has 3 heteroatoms. The molecule has 1 aliphatic rings. The smallest absolute Gasteiger partial charge is 0.0951 e. The fraction of sp³-hybridized carbons (Fsp3) is 0.800. The second-order valence-corrected chi connectivity index (χ2v) is 6.38. The predicted molar refractivity (Wildman–Crippen MR) is 75.3 cm³/mol. The number of hydrogen-bond donors (Lipinski definition) is 1. The largest absolute Gasteiger partial charge is 0.330 e. The van der Waals surface area contributed by atoms with Gasteiger partial charge in [-0.3, -0.25) is 0 Å². The Morgan fingerprint density at radius 3 is 2.61 bits per heavy atom. The standard InChI is InChI=1S/C15H27N3/c1-11(2)8-14(16)15-9-17-10-18(15)13-6-4-12(3)5-7-13/h9-14H,4-8,16H2,1-3H3. The summed E-state index contributed by atoms with van der Waals surface area (Å²) in [6.07, 6.45) is 10.2. The van der Waals surface area contributed by atoms with Gasteiger partial charge in [0.15, 0.2) is 0 Å². The van der Waals surface area contributed by atoms with Gasteiger partial charge >= 0.3 is 0 Å². The summed E-state index contributed by atoms with van der Waals surface area (Å²) in [4.78, 5) is 4.33. The first-order chi connectivity index (χ1) is 8.58. The molecule has 102 valence electrons. The highest BCUT2D eigenvalue weighted by Gasteiger charge is 2.23. The number of imidazole rings is 1. The van der Waals surface area contributed by atoms with Gasteiger partial charge in [-0.25, -0.2) is 4.98 Å². The van der Waals surface area contributed by atoms with Crippen LogP contribution in [0.25, 0.3) is 0 Å². The van der Waals surface area contributed by atoms with Crippen LogP contribution >= 0.6 is 0 Å². The van der Waals surface area contributed by atoms with Gasteiger partial charge in [-0.05, 0) is 43.9 Å². The maximum Gasteiger partial charge on any atom is 0.0951 e. The molecular formula is C15H27N3. The van der Waals surface area contributed by atoms with Gasteiger partial charge in [0.2, 0.25) is 0 Å². The van der Waals surface area contributed by atoms with Gasteiger partial charge in [0, 0.05) is 18.3 Å². The maximum atomic E-state index is 6.31. The van der Waals surface area contributed by atoms with Crippen LogP contribution in [-0.2, 0) is 0 Å². The van der Waals surface area contributed by atoms with E-state index in [0.717, 1.165) is 12.3 Å². The molecule has 2 N–H and O–H groups in total. The van der Waals surface area contributed by atoms with Crippen molar-refractivity contribution >= 4 is 0 Å². The van der Waals surface area contributed by atoms with Crippen molar-refractivity contribution in [2.24, 2.45) is 17.6 Å². The third-order valence-electron chi connectivity index (χ3n) is 4.18. The molecule has 0 saturated heterocycles. The molecule has 0 aliphatic heterocycles. The first-order valence-electron chi connectivity index (χ1n) is 7.35. The topological polar surface area (TPSA) is 43.8 Å². The van der Waals surface area contributed by atoms with Crippen LogP contribution in [0.5, 0.6) is 0 Å². The first kappa shape index (κ1) is 13.6. The lowest BCUT2D eigenvalue weighted by molar-refractivity contribution is 0.281. The maximum absolute atomic E-state index is 6.31. The number of nitrogens with two attached hydrogens (primary N) is 1. The number of hydrogen-bond acceptors (Lipinski definition) is 2. The molecule has 2 rings (SSSR count). The average Bonchev–Trinajstić information content (AvgIpc) is 2.78. The Kier molecular flexibility index (Phi) is 4.44. The molecule has 1 unspecified atom stereocenters. The third-order valence-corrected chi connectivity index (χ3v) is 4.18. The number of aromatic nitrogens is 2. The van der Waals surface area contributed by atoms with Crippen LogP contribution in [0.15, 0.2) is 12.5 Å². The van der Waals surface area contributed by atoms with Gasteiger partial charge in [0.25, 0.3) is 0 Å². The van der Waals surface area contributed by atoms with Crippen LogP contribution in [0.1, 0.15) is 70.7 Å². The van der Waals surface area contributed by atoms with E-state index in [0.29, 0.717) is 12.0 Å². The van der Waals surface area contributed by atoms with E-state index in [1.54, 1.807) is 0 Å². The SMILES string of the molecule is CC(C)CC(N)c1cncn1C1CCC(C)CC1. The molecule has 1 saturated carbocycles. The highest BCUT2D eigenvalue weighted by Crippen LogP contribution is 2.33. The van der Waals surface area contributed by atoms with E-state index >= 15 is 0 Å². The Bertz CT molecular complexity index is 362. The molecule has 1 fully saturated rings. The van der Waals surface area contributed by atoms with Gasteiger partial charge in [-0.2, -0.15) is 0 Å². The Labute approximate surface area is 111 Å². The molecule has 1 aromatic rings. The van der Waals surface area contributed by atoms with Crippen molar-refractivity contribution in [1.82, 2.24) is 9.55 Å². The van der Waals surface area contributed by atoms with Crippen molar-refractivity contribution in [3.8, 4) is 0 Å². The minimum Gasteiger partial charge on any atom is -0.330 e. The average molecular weight is 249 g/mol. The molecule has 1 aromatic heterocycles. The van der Waals surface area contributed by atoms with Crippen LogP contribution in [-0.4, -0.2) is 9.55 Å². The minimum absolute atomic E-state index is 0.131. The van der Waals surface area contributed by atoms with E-state index in [-0.39, 0.29) is 6.04 Å². The fourth-order valence-corrected chi connectivity index (χ4v) is 3.06. The Morgan fingerprint density at radius 2 is 2.00 bits per heavy atom. The summed E-state index contributed by atoms with van der Waals surface area (Å²) < 4.78 is 2.35. The normalized spacial score (nSPS) is 26.5. The van der Waals surface area contributed by atoms with Crippen LogP contribution in [0, 0.1) is 11.8 Å². The molecule has 1 aliphatic carbocycles. The van der Waals surface area contributed by atoms with E-state index in [4.69, 9.17) is 5.73 Å². The van der Waals surface area contributed by atoms with E-state index in [1.165, 1.54) is 31.4 Å². The quantitative estimate of drug-likeness (QED) is 0.884. The van der Waals surface area contributed by atoms with Crippen LogP contribution in [0.3, 0.4) is 0 Å². The monoisotopic (exact) mass is 249 g/mol. The van der Waals surface area contributed by atoms with Crippen LogP contribution in [0.2, 0.25) is 0 Å². The molecule has 0 amide bonds. The zero-order valence-corrected chi connectivity index (χ0v) is 12.0. The molecule has 0 aromatic carbocycles. The molecule has 1 atom stereocenters. The predicted octanol–water partition coefficient (Wildman–Crippen LogP) is 3.68. The zero-order chi connectivity index (χ0) is 13.1. The number of rotatable bonds is 4. The third kappa shape index (κ3) is 3.14. The van der Waals surface area contributed by atoms with Crippen molar-refractivity contribution in [3.05, 3.63) is 18.2 Å². The van der Waals surface area contributed by atoms with Gasteiger partial charge in [-0.1, -0.05) is 20.8 Å². The molecule has 1 heterocycles. The van der Waals surface area contributed by atoms with Crippen LogP contribution in [0.4, 0.5) is 0 Å². The molecule has 3 nitrogen and oxygen atoms in total. The summed E-state index contributed by atoms with van der Waals surface area (Å²) in [7, 11) is 0. The minimum atomic E-state index is 0.131. The summed E-state index contributed by atoms with van der Waals surface area (Å²) in [5, 5.41) is 0. The summed E-state index contributed by atoms with van der Waals surface area (Å²) in [5.74, 6) is 1.52. The summed E-state index contributed by atoms with van der Waals surface area (Å²) in [6, 6.07) is 0.753. The van der Waals surface area contributed by atoms with E-state index < -0.39 is 0 Å². The van der Waals surface area contributed by atoms with Crippen molar-refractivity contribution < 1.29 is 0 Å². The Morgan fingerprint density at radius 1 is 1.33 bits per heavy atom. The lowest BCUT2D eigenvalue weighted by Crippen LogP contribution is -2.22. The second-order valence-electron chi connectivity index (χ2n) is 6.38. The summed E-state index contributed by atoms with van der Waals surface area (Å²) in [6.45, 7) is 6.81. The Hall–Kier alpha value is -0.830. The molecular weight excluding hydrogens is 222 g/mol. The second kappa shape index (κ2) is 5.87. The lowest BCUT2D eigenvalue weighted by Gasteiger charge is -2.29. The van der Waals surface area contributed by atoms with Crippen LogP contribution < -0.4 is 5.73 Å². The fourth-order valence-electron chi connectivity index (χ4n) is 3.06. The lowest BCUT2D eigenvalue weighted by atomic mass is 9.87. The van der Waals surface area contributed by atoms with Crippen molar-refractivity contribution in [3.63, 3.8) is 0 Å². The van der Waals surface area contributed by atoms with E-state index in [2.05, 4.69) is 30.3 Å². The van der Waals surface area contributed by atoms with Crippen molar-refractivity contribution in [2.75, 3.05) is 0 Å². The highest BCUT2D eigenvalue weighted by molar-refractivity contribution is 5.06. The van der Waals surface area contributed by atoms with Gasteiger partial charge < -0.3 is 10.3 Å². The van der Waals surface area contributed by atoms with Crippen molar-refractivity contribution in [1.29, 1.82) is 0 Å².